The third-order valence-electron chi connectivity index (χ3n) is 4.30. The van der Waals surface area contributed by atoms with E-state index in [1.807, 2.05) is 25.1 Å². The molecule has 2 aromatic rings. The fourth-order valence-electron chi connectivity index (χ4n) is 2.75. The molecule has 0 saturated carbocycles. The van der Waals surface area contributed by atoms with Crippen LogP contribution < -0.4 is 20.1 Å². The van der Waals surface area contributed by atoms with Crippen LogP contribution >= 0.6 is 0 Å². The molecule has 0 aliphatic carbocycles. The molecule has 0 amide bonds. The van der Waals surface area contributed by atoms with Crippen LogP contribution in [-0.2, 0) is 17.7 Å². The highest BCUT2D eigenvalue weighted by Gasteiger charge is 2.13. The molecule has 7 heteroatoms. The highest BCUT2D eigenvalue weighted by molar-refractivity contribution is 5.92. The number of hydrogen-bond acceptors (Lipinski definition) is 5. The van der Waals surface area contributed by atoms with E-state index < -0.39 is 5.97 Å². The lowest BCUT2D eigenvalue weighted by atomic mass is 10.1. The quantitative estimate of drug-likeness (QED) is 0.383. The van der Waals surface area contributed by atoms with Gasteiger partial charge in [-0.3, -0.25) is 0 Å². The second-order valence-electron chi connectivity index (χ2n) is 6.25. The molecule has 0 aliphatic heterocycles. The molecule has 2 N–H and O–H groups in total. The van der Waals surface area contributed by atoms with Crippen molar-refractivity contribution in [1.82, 2.24) is 10.6 Å². The van der Waals surface area contributed by atoms with Crippen molar-refractivity contribution < 1.29 is 19.0 Å². The normalized spacial score (nSPS) is 11.0. The van der Waals surface area contributed by atoms with Gasteiger partial charge in [0, 0.05) is 13.1 Å². The Kier molecular flexibility index (Phi) is 8.82. The van der Waals surface area contributed by atoms with Crippen molar-refractivity contribution in [3.63, 3.8) is 0 Å². The number of ether oxygens (including phenoxy) is 3. The number of carbonyl (C=O) groups is 1. The standard InChI is InChI=1S/C22H29N3O4/c1-5-23-22(24-13-12-16-6-9-18(27-2)10-7-16)25-15-17-8-11-20(28-3)19(14-17)21(26)29-4/h6-11,14H,5,12-13,15H2,1-4H3,(H2,23,24,25). The van der Waals surface area contributed by atoms with E-state index in [4.69, 9.17) is 14.2 Å². The van der Waals surface area contributed by atoms with Gasteiger partial charge >= 0.3 is 5.97 Å². The molecular weight excluding hydrogens is 370 g/mol. The van der Waals surface area contributed by atoms with Gasteiger partial charge in [-0.1, -0.05) is 18.2 Å². The van der Waals surface area contributed by atoms with E-state index in [2.05, 4.69) is 27.8 Å². The Balaban J connectivity index is 1.99. The molecule has 7 nitrogen and oxygen atoms in total. The van der Waals surface area contributed by atoms with Gasteiger partial charge in [0.2, 0.25) is 0 Å². The van der Waals surface area contributed by atoms with Crippen molar-refractivity contribution in [3.05, 3.63) is 59.2 Å². The first kappa shape index (κ1) is 22.1. The molecule has 0 aliphatic rings. The number of aliphatic imine (C=N–C) groups is 1. The van der Waals surface area contributed by atoms with Crippen molar-refractivity contribution in [2.75, 3.05) is 34.4 Å². The van der Waals surface area contributed by atoms with Crippen molar-refractivity contribution in [1.29, 1.82) is 0 Å². The van der Waals surface area contributed by atoms with Crippen LogP contribution in [0, 0.1) is 0 Å². The first-order valence-electron chi connectivity index (χ1n) is 9.51. The summed E-state index contributed by atoms with van der Waals surface area (Å²) in [5.41, 5.74) is 2.49. The zero-order valence-corrected chi connectivity index (χ0v) is 17.5. The summed E-state index contributed by atoms with van der Waals surface area (Å²) in [5.74, 6) is 1.62. The number of methoxy groups -OCH3 is 3. The number of carbonyl (C=O) groups excluding carboxylic acids is 1. The molecule has 0 radical (unpaired) electrons. The molecule has 0 spiro atoms. The van der Waals surface area contributed by atoms with Crippen molar-refractivity contribution in [2.45, 2.75) is 19.9 Å². The number of hydrogen-bond donors (Lipinski definition) is 2. The number of guanidine groups is 1. The first-order valence-corrected chi connectivity index (χ1v) is 9.51. The highest BCUT2D eigenvalue weighted by atomic mass is 16.5. The molecule has 0 saturated heterocycles. The summed E-state index contributed by atoms with van der Waals surface area (Å²) in [5, 5.41) is 6.56. The minimum Gasteiger partial charge on any atom is -0.497 e. The zero-order valence-electron chi connectivity index (χ0n) is 17.5. The Morgan fingerprint density at radius 1 is 0.966 bits per heavy atom. The molecule has 2 aromatic carbocycles. The summed E-state index contributed by atoms with van der Waals surface area (Å²) < 4.78 is 15.2. The molecule has 0 fully saturated rings. The third-order valence-corrected chi connectivity index (χ3v) is 4.30. The summed E-state index contributed by atoms with van der Waals surface area (Å²) in [6.45, 7) is 3.94. The summed E-state index contributed by atoms with van der Waals surface area (Å²) in [6.07, 6.45) is 0.865. The minimum absolute atomic E-state index is 0.389. The number of esters is 1. The van der Waals surface area contributed by atoms with E-state index in [1.165, 1.54) is 19.8 Å². The first-order chi connectivity index (χ1) is 14.1. The van der Waals surface area contributed by atoms with Gasteiger partial charge in [-0.2, -0.15) is 0 Å². The van der Waals surface area contributed by atoms with Crippen LogP contribution in [0.3, 0.4) is 0 Å². The van der Waals surface area contributed by atoms with Gasteiger partial charge in [0.15, 0.2) is 5.96 Å². The molecule has 0 heterocycles. The molecule has 29 heavy (non-hydrogen) atoms. The number of nitrogens with zero attached hydrogens (tertiary/aromatic N) is 1. The molecule has 0 aromatic heterocycles. The summed E-state index contributed by atoms with van der Waals surface area (Å²) in [4.78, 5) is 16.5. The number of benzene rings is 2. The van der Waals surface area contributed by atoms with Crippen LogP contribution in [0.2, 0.25) is 0 Å². The largest absolute Gasteiger partial charge is 0.497 e. The van der Waals surface area contributed by atoms with Crippen LogP contribution in [0.25, 0.3) is 0 Å². The van der Waals surface area contributed by atoms with Gasteiger partial charge in [0.05, 0.1) is 27.9 Å². The zero-order chi connectivity index (χ0) is 21.1. The van der Waals surface area contributed by atoms with Gasteiger partial charge in [0.1, 0.15) is 17.1 Å². The lowest BCUT2D eigenvalue weighted by Crippen LogP contribution is -2.38. The highest BCUT2D eigenvalue weighted by Crippen LogP contribution is 2.21. The Bertz CT molecular complexity index is 819. The van der Waals surface area contributed by atoms with Crippen LogP contribution in [0.15, 0.2) is 47.5 Å². The SMILES string of the molecule is CCNC(=NCc1ccc(OC)c(C(=O)OC)c1)NCCc1ccc(OC)cc1. The van der Waals surface area contributed by atoms with Gasteiger partial charge in [0.25, 0.3) is 0 Å². The maximum absolute atomic E-state index is 11.9. The predicted molar refractivity (Wildman–Crippen MR) is 114 cm³/mol. The molecule has 0 bridgehead atoms. The lowest BCUT2D eigenvalue weighted by Gasteiger charge is -2.12. The van der Waals surface area contributed by atoms with E-state index in [0.717, 1.165) is 36.8 Å². The monoisotopic (exact) mass is 399 g/mol. The third kappa shape index (κ3) is 6.71. The Labute approximate surface area is 172 Å². The van der Waals surface area contributed by atoms with Crippen molar-refractivity contribution in [3.8, 4) is 11.5 Å². The van der Waals surface area contributed by atoms with E-state index >= 15 is 0 Å². The number of rotatable bonds is 9. The van der Waals surface area contributed by atoms with Gasteiger partial charge in [-0.25, -0.2) is 9.79 Å². The Morgan fingerprint density at radius 2 is 1.69 bits per heavy atom. The van der Waals surface area contributed by atoms with E-state index in [-0.39, 0.29) is 0 Å². The average Bonchev–Trinajstić information content (AvgIpc) is 2.77. The predicted octanol–water partition coefficient (Wildman–Crippen LogP) is 2.79. The molecular formula is C22H29N3O4. The maximum Gasteiger partial charge on any atom is 0.341 e. The molecule has 0 unspecified atom stereocenters. The second-order valence-corrected chi connectivity index (χ2v) is 6.25. The van der Waals surface area contributed by atoms with Gasteiger partial charge < -0.3 is 24.8 Å². The van der Waals surface area contributed by atoms with E-state index in [1.54, 1.807) is 19.2 Å². The van der Waals surface area contributed by atoms with Crippen molar-refractivity contribution in [2.24, 2.45) is 4.99 Å². The fourth-order valence-corrected chi connectivity index (χ4v) is 2.75. The van der Waals surface area contributed by atoms with Crippen LogP contribution in [0.5, 0.6) is 11.5 Å². The lowest BCUT2D eigenvalue weighted by molar-refractivity contribution is 0.0597. The van der Waals surface area contributed by atoms with E-state index in [0.29, 0.717) is 17.9 Å². The number of nitrogens with one attached hydrogen (secondary N) is 2. The van der Waals surface area contributed by atoms with Crippen LogP contribution in [0.1, 0.15) is 28.4 Å². The minimum atomic E-state index is -0.433. The average molecular weight is 399 g/mol. The summed E-state index contributed by atoms with van der Waals surface area (Å²) in [7, 11) is 4.53. The van der Waals surface area contributed by atoms with Crippen molar-refractivity contribution >= 4 is 11.9 Å². The van der Waals surface area contributed by atoms with Crippen LogP contribution in [0.4, 0.5) is 0 Å². The van der Waals surface area contributed by atoms with Gasteiger partial charge in [-0.05, 0) is 48.7 Å². The Hall–Kier alpha value is -3.22. The van der Waals surface area contributed by atoms with Gasteiger partial charge in [-0.15, -0.1) is 0 Å². The Morgan fingerprint density at radius 3 is 2.31 bits per heavy atom. The summed E-state index contributed by atoms with van der Waals surface area (Å²) >= 11 is 0. The van der Waals surface area contributed by atoms with Crippen LogP contribution in [-0.4, -0.2) is 46.3 Å². The molecule has 0 atom stereocenters. The summed E-state index contributed by atoms with van der Waals surface area (Å²) in [6, 6.07) is 13.4. The maximum atomic E-state index is 11.9. The molecule has 156 valence electrons. The topological polar surface area (TPSA) is 81.2 Å². The second kappa shape index (κ2) is 11.6. The van der Waals surface area contributed by atoms with E-state index in [9.17, 15) is 4.79 Å². The smallest absolute Gasteiger partial charge is 0.341 e. The fraction of sp³-hybridized carbons (Fsp3) is 0.364. The molecule has 2 rings (SSSR count).